The number of H-pyrrole nitrogens is 1. The number of primary amides is 1. The van der Waals surface area contributed by atoms with Crippen molar-refractivity contribution in [1.29, 1.82) is 0 Å². The van der Waals surface area contributed by atoms with E-state index in [1.165, 1.54) is 6.42 Å². The van der Waals surface area contributed by atoms with Gasteiger partial charge in [-0.05, 0) is 52.6 Å². The summed E-state index contributed by atoms with van der Waals surface area (Å²) in [6, 6.07) is 23.3. The van der Waals surface area contributed by atoms with Crippen molar-refractivity contribution in [2.24, 2.45) is 16.5 Å². The molecule has 0 aliphatic rings. The molecule has 0 aliphatic carbocycles. The minimum atomic E-state index is -0.925. The Morgan fingerprint density at radius 3 is 2.41 bits per heavy atom. The van der Waals surface area contributed by atoms with Gasteiger partial charge in [0.15, 0.2) is 5.96 Å². The summed E-state index contributed by atoms with van der Waals surface area (Å²) in [6.45, 7) is 3.46. The number of unbranched alkanes of at least 4 members (excludes halogenated alkanes) is 3. The third-order valence-electron chi connectivity index (χ3n) is 8.43. The van der Waals surface area contributed by atoms with E-state index in [2.05, 4.69) is 48.8 Å². The molecule has 1 aromatic heterocycles. The molecule has 0 radical (unpaired) electrons. The molecule has 0 spiro atoms. The number of rotatable bonds is 15. The largest absolute Gasteiger partial charge is 0.370 e. The number of benzene rings is 4. The van der Waals surface area contributed by atoms with Crippen LogP contribution in [0.4, 0.5) is 0 Å². The van der Waals surface area contributed by atoms with E-state index < -0.39 is 17.9 Å². The van der Waals surface area contributed by atoms with Gasteiger partial charge in [-0.25, -0.2) is 0 Å². The zero-order valence-corrected chi connectivity index (χ0v) is 29.1. The fourth-order valence-electron chi connectivity index (χ4n) is 5.95. The zero-order chi connectivity index (χ0) is 34.8. The zero-order valence-electron chi connectivity index (χ0n) is 27.5. The van der Waals surface area contributed by atoms with Crippen LogP contribution >= 0.6 is 15.9 Å². The van der Waals surface area contributed by atoms with Crippen LogP contribution in [0.25, 0.3) is 32.8 Å². The molecule has 0 aliphatic heterocycles. The minimum Gasteiger partial charge on any atom is -0.370 e. The Labute approximate surface area is 294 Å². The highest BCUT2D eigenvalue weighted by Gasteiger charge is 2.26. The summed E-state index contributed by atoms with van der Waals surface area (Å²) in [5, 5.41) is 11.6. The number of nitrogens with zero attached hydrogens (tertiary/aromatic N) is 1. The predicted molar refractivity (Wildman–Crippen MR) is 201 cm³/mol. The maximum Gasteiger partial charge on any atom is 0.252 e. The number of aromatic amines is 1. The molecule has 8 N–H and O–H groups in total. The summed E-state index contributed by atoms with van der Waals surface area (Å²) in [5.41, 5.74) is 15.3. The molecule has 10 nitrogen and oxygen atoms in total. The minimum absolute atomic E-state index is 0.237. The van der Waals surface area contributed by atoms with Crippen molar-refractivity contribution in [2.45, 2.75) is 45.1 Å². The van der Waals surface area contributed by atoms with Gasteiger partial charge in [0, 0.05) is 64.3 Å². The molecule has 5 rings (SSSR count). The van der Waals surface area contributed by atoms with Crippen LogP contribution in [-0.4, -0.2) is 54.3 Å². The van der Waals surface area contributed by atoms with Crippen LogP contribution in [0.15, 0.2) is 94.5 Å². The number of carbonyl (C=O) groups is 3. The second-order valence-electron chi connectivity index (χ2n) is 11.9. The smallest absolute Gasteiger partial charge is 0.252 e. The molecule has 1 atom stereocenters. The van der Waals surface area contributed by atoms with Crippen LogP contribution in [0.5, 0.6) is 0 Å². The highest BCUT2D eigenvalue weighted by molar-refractivity contribution is 9.10. The molecule has 0 bridgehead atoms. The molecule has 254 valence electrons. The summed E-state index contributed by atoms with van der Waals surface area (Å²) < 4.78 is 0.663. The van der Waals surface area contributed by atoms with E-state index in [9.17, 15) is 14.4 Å². The van der Waals surface area contributed by atoms with Crippen LogP contribution in [-0.2, 0) is 11.2 Å². The number of hydrogen-bond acceptors (Lipinski definition) is 4. The summed E-state index contributed by atoms with van der Waals surface area (Å²) in [6.07, 6.45) is 6.51. The van der Waals surface area contributed by atoms with Gasteiger partial charge in [0.05, 0.1) is 0 Å². The topological polar surface area (TPSA) is 167 Å². The van der Waals surface area contributed by atoms with Gasteiger partial charge in [-0.15, -0.1) is 0 Å². The van der Waals surface area contributed by atoms with E-state index in [1.807, 2.05) is 66.9 Å². The SMILES string of the molecule is CCCCCCN=C(N)NCCNC(=O)C(Cc1c[nH]c2ccccc12)NC(=O)c1cc(Br)ccc1-c1c(C(N)=O)ccc2ccccc12. The number of fused-ring (bicyclic) bond motifs is 2. The van der Waals surface area contributed by atoms with Gasteiger partial charge in [0.25, 0.3) is 5.91 Å². The lowest BCUT2D eigenvalue weighted by Crippen LogP contribution is -2.49. The molecule has 1 heterocycles. The van der Waals surface area contributed by atoms with Crippen molar-refractivity contribution in [1.82, 2.24) is 20.9 Å². The molecule has 11 heteroatoms. The number of halogens is 1. The maximum atomic E-state index is 14.2. The molecule has 0 fully saturated rings. The number of nitrogens with two attached hydrogens (primary N) is 2. The standard InChI is InChI=1S/C38H42BrN7O3/c1-2-3-4-9-18-43-38(41)44-20-19-42-37(49)33(21-25-23-45-32-13-8-7-11-27(25)32)46-36(48)31-22-26(39)15-17-29(31)34-28-12-6-5-10-24(28)14-16-30(34)35(40)47/h5-8,10-17,22-23,33,45H,2-4,9,18-21H2,1H3,(H2,40,47)(H,42,49)(H,46,48)(H3,41,43,44). The molecular weight excluding hydrogens is 682 g/mol. The van der Waals surface area contributed by atoms with Gasteiger partial charge < -0.3 is 32.4 Å². The highest BCUT2D eigenvalue weighted by atomic mass is 79.9. The number of aromatic nitrogens is 1. The second-order valence-corrected chi connectivity index (χ2v) is 12.8. The van der Waals surface area contributed by atoms with E-state index >= 15 is 0 Å². The number of amides is 3. The molecule has 49 heavy (non-hydrogen) atoms. The lowest BCUT2D eigenvalue weighted by molar-refractivity contribution is -0.122. The van der Waals surface area contributed by atoms with Crippen LogP contribution in [0.3, 0.4) is 0 Å². The van der Waals surface area contributed by atoms with E-state index in [1.54, 1.807) is 18.2 Å². The normalized spacial score (nSPS) is 12.2. The van der Waals surface area contributed by atoms with Gasteiger partial charge in [0.1, 0.15) is 6.04 Å². The Bertz CT molecular complexity index is 1990. The van der Waals surface area contributed by atoms with Gasteiger partial charge in [-0.3, -0.25) is 19.4 Å². The van der Waals surface area contributed by atoms with Crippen molar-refractivity contribution in [3.05, 3.63) is 106 Å². The van der Waals surface area contributed by atoms with Gasteiger partial charge in [-0.2, -0.15) is 0 Å². The Hall–Kier alpha value is -5.16. The summed E-state index contributed by atoms with van der Waals surface area (Å²) >= 11 is 3.50. The molecular formula is C38H42BrN7O3. The first kappa shape index (κ1) is 35.2. The molecule has 3 amide bonds. The quantitative estimate of drug-likeness (QED) is 0.0456. The van der Waals surface area contributed by atoms with Gasteiger partial charge in [0.2, 0.25) is 11.8 Å². The van der Waals surface area contributed by atoms with Gasteiger partial charge >= 0.3 is 0 Å². The third-order valence-corrected chi connectivity index (χ3v) is 8.93. The first-order valence-corrected chi connectivity index (χ1v) is 17.3. The first-order valence-electron chi connectivity index (χ1n) is 16.6. The number of para-hydroxylation sites is 1. The average Bonchev–Trinajstić information content (AvgIpc) is 3.51. The fourth-order valence-corrected chi connectivity index (χ4v) is 6.31. The van der Waals surface area contributed by atoms with E-state index in [4.69, 9.17) is 11.5 Å². The van der Waals surface area contributed by atoms with Crippen molar-refractivity contribution >= 4 is 61.3 Å². The van der Waals surface area contributed by atoms with Crippen LogP contribution in [0.1, 0.15) is 58.9 Å². The fraction of sp³-hybridized carbons (Fsp3) is 0.263. The van der Waals surface area contributed by atoms with Crippen molar-refractivity contribution in [3.63, 3.8) is 0 Å². The molecule has 5 aromatic rings. The monoisotopic (exact) mass is 723 g/mol. The van der Waals surface area contributed by atoms with E-state index in [0.29, 0.717) is 40.2 Å². The Balaban J connectivity index is 1.40. The number of aliphatic imine (C=N–C) groups is 1. The lowest BCUT2D eigenvalue weighted by Gasteiger charge is -2.21. The summed E-state index contributed by atoms with van der Waals surface area (Å²) in [5.74, 6) is -1.10. The van der Waals surface area contributed by atoms with Crippen molar-refractivity contribution < 1.29 is 14.4 Å². The maximum absolute atomic E-state index is 14.2. The number of guanidine groups is 1. The lowest BCUT2D eigenvalue weighted by atomic mass is 9.89. The molecule has 1 unspecified atom stereocenters. The molecule has 0 saturated heterocycles. The average molecular weight is 725 g/mol. The Morgan fingerprint density at radius 2 is 1.61 bits per heavy atom. The summed E-state index contributed by atoms with van der Waals surface area (Å²) in [4.78, 5) is 48.2. The third kappa shape index (κ3) is 8.85. The second kappa shape index (κ2) is 16.8. The Kier molecular flexibility index (Phi) is 12.0. The predicted octanol–water partition coefficient (Wildman–Crippen LogP) is 5.79. The van der Waals surface area contributed by atoms with Gasteiger partial charge in [-0.1, -0.05) is 96.7 Å². The van der Waals surface area contributed by atoms with Crippen molar-refractivity contribution in [3.8, 4) is 11.1 Å². The molecule has 4 aromatic carbocycles. The number of nitrogens with one attached hydrogen (secondary N) is 4. The Morgan fingerprint density at radius 1 is 0.857 bits per heavy atom. The highest BCUT2D eigenvalue weighted by Crippen LogP contribution is 2.36. The first-order chi connectivity index (χ1) is 23.8. The number of carbonyl (C=O) groups excluding carboxylic acids is 3. The van der Waals surface area contributed by atoms with E-state index in [-0.39, 0.29) is 24.4 Å². The van der Waals surface area contributed by atoms with Crippen molar-refractivity contribution in [2.75, 3.05) is 19.6 Å². The number of hydrogen-bond donors (Lipinski definition) is 6. The summed E-state index contributed by atoms with van der Waals surface area (Å²) in [7, 11) is 0. The van der Waals surface area contributed by atoms with E-state index in [0.717, 1.165) is 46.5 Å². The molecule has 0 saturated carbocycles. The van der Waals surface area contributed by atoms with Crippen LogP contribution in [0.2, 0.25) is 0 Å². The van der Waals surface area contributed by atoms with Crippen LogP contribution in [0, 0.1) is 0 Å². The van der Waals surface area contributed by atoms with Crippen LogP contribution < -0.4 is 27.4 Å².